The number of aromatic nitrogens is 1. The van der Waals surface area contributed by atoms with E-state index < -0.39 is 22.7 Å². The van der Waals surface area contributed by atoms with Gasteiger partial charge in [0.2, 0.25) is 0 Å². The van der Waals surface area contributed by atoms with Crippen molar-refractivity contribution in [1.82, 2.24) is 10.3 Å². The van der Waals surface area contributed by atoms with E-state index >= 15 is 0 Å². The number of hydrogen-bond acceptors (Lipinski definition) is 8. The summed E-state index contributed by atoms with van der Waals surface area (Å²) in [6, 6.07) is 17.1. The SMILES string of the molecule is CCOC(=O)C1=C(C)NC2=N/C(=C\c3ccc(-c4ccccc4[N+](=O)[O-])[nH]3)C(=O)C2C1c1ccccc1OC. The van der Waals surface area contributed by atoms with Gasteiger partial charge in [-0.05, 0) is 44.2 Å². The molecule has 1 aromatic heterocycles. The molecule has 3 heterocycles. The van der Waals surface area contributed by atoms with Gasteiger partial charge in [0.15, 0.2) is 5.78 Å². The standard InChI is InChI=1S/C29H26N4O6/c1-4-39-29(35)24-16(2)30-28-26(25(24)19-10-6-8-12-23(19)38-3)27(34)21(32-28)15-17-13-14-20(31-17)18-9-5-7-11-22(18)33(36)37/h5-15,25-26,31H,4H2,1-3H3,(H,30,32)/b21-15-. The average Bonchev–Trinajstić information content (AvgIpc) is 3.52. The Morgan fingerprint density at radius 3 is 2.59 bits per heavy atom. The number of nitro benzene ring substituents is 1. The normalized spacial score (nSPS) is 19.4. The molecule has 2 N–H and O–H groups in total. The topological polar surface area (TPSA) is 136 Å². The Hall–Kier alpha value is -4.99. The summed E-state index contributed by atoms with van der Waals surface area (Å²) >= 11 is 0. The fourth-order valence-corrected chi connectivity index (χ4v) is 5.12. The monoisotopic (exact) mass is 526 g/mol. The summed E-state index contributed by atoms with van der Waals surface area (Å²) in [6.07, 6.45) is 1.60. The number of nitro groups is 1. The van der Waals surface area contributed by atoms with Gasteiger partial charge in [0.05, 0.1) is 41.4 Å². The van der Waals surface area contributed by atoms with Crippen molar-refractivity contribution in [2.24, 2.45) is 10.9 Å². The van der Waals surface area contributed by atoms with Crippen LogP contribution in [0.3, 0.4) is 0 Å². The maximum absolute atomic E-state index is 13.8. The highest BCUT2D eigenvalue weighted by Crippen LogP contribution is 2.45. The van der Waals surface area contributed by atoms with Gasteiger partial charge < -0.3 is 19.8 Å². The second kappa shape index (κ2) is 10.4. The quantitative estimate of drug-likeness (QED) is 0.196. The molecule has 2 atom stereocenters. The number of nitrogens with zero attached hydrogens (tertiary/aromatic N) is 2. The number of amidine groups is 1. The Balaban J connectivity index is 1.55. The zero-order chi connectivity index (χ0) is 27.7. The number of rotatable bonds is 7. The number of esters is 1. The molecule has 10 heteroatoms. The van der Waals surface area contributed by atoms with Crippen LogP contribution < -0.4 is 10.1 Å². The zero-order valence-electron chi connectivity index (χ0n) is 21.6. The Morgan fingerprint density at radius 1 is 1.10 bits per heavy atom. The number of allylic oxidation sites excluding steroid dienone is 2. The first-order valence-corrected chi connectivity index (χ1v) is 12.4. The summed E-state index contributed by atoms with van der Waals surface area (Å²) < 4.78 is 10.9. The fourth-order valence-electron chi connectivity index (χ4n) is 5.12. The summed E-state index contributed by atoms with van der Waals surface area (Å²) in [6.45, 7) is 3.67. The van der Waals surface area contributed by atoms with Crippen LogP contribution in [0.4, 0.5) is 5.69 Å². The molecule has 0 aliphatic carbocycles. The number of Topliss-reactive ketones (excluding diaryl/α,β-unsaturated/α-hetero) is 1. The van der Waals surface area contributed by atoms with Gasteiger partial charge >= 0.3 is 5.97 Å². The van der Waals surface area contributed by atoms with Crippen molar-refractivity contribution in [3.05, 3.63) is 99.0 Å². The molecule has 2 aliphatic heterocycles. The number of aromatic amines is 1. The van der Waals surface area contributed by atoms with Crippen LogP contribution in [0.15, 0.2) is 82.6 Å². The molecular weight excluding hydrogens is 500 g/mol. The van der Waals surface area contributed by atoms with E-state index in [1.165, 1.54) is 13.2 Å². The average molecular weight is 527 g/mol. The minimum Gasteiger partial charge on any atom is -0.496 e. The number of ether oxygens (including phenoxy) is 2. The molecule has 0 radical (unpaired) electrons. The van der Waals surface area contributed by atoms with Crippen LogP contribution in [0.2, 0.25) is 0 Å². The fraction of sp³-hybridized carbons (Fsp3) is 0.207. The van der Waals surface area contributed by atoms with E-state index in [4.69, 9.17) is 9.47 Å². The highest BCUT2D eigenvalue weighted by atomic mass is 16.6. The van der Waals surface area contributed by atoms with Gasteiger partial charge in [0, 0.05) is 28.9 Å². The van der Waals surface area contributed by atoms with E-state index in [1.807, 2.05) is 18.2 Å². The Labute approximate surface area is 224 Å². The number of carbonyl (C=O) groups excluding carboxylic acids is 2. The van der Waals surface area contributed by atoms with Crippen LogP contribution in [0.1, 0.15) is 31.0 Å². The lowest BCUT2D eigenvalue weighted by atomic mass is 9.75. The molecule has 3 aromatic rings. The molecule has 0 spiro atoms. The molecule has 0 amide bonds. The van der Waals surface area contributed by atoms with Gasteiger partial charge in [-0.2, -0.15) is 0 Å². The summed E-state index contributed by atoms with van der Waals surface area (Å²) in [5.74, 6) is -1.28. The first-order valence-electron chi connectivity index (χ1n) is 12.4. The van der Waals surface area contributed by atoms with Crippen molar-refractivity contribution in [2.45, 2.75) is 19.8 Å². The lowest BCUT2D eigenvalue weighted by Gasteiger charge is -2.33. The van der Waals surface area contributed by atoms with Crippen molar-refractivity contribution in [3.8, 4) is 17.0 Å². The van der Waals surface area contributed by atoms with Crippen LogP contribution in [-0.4, -0.2) is 41.2 Å². The third-order valence-corrected chi connectivity index (χ3v) is 6.80. The second-order valence-electron chi connectivity index (χ2n) is 9.07. The van der Waals surface area contributed by atoms with E-state index in [0.29, 0.717) is 45.4 Å². The molecule has 2 aromatic carbocycles. The van der Waals surface area contributed by atoms with Gasteiger partial charge in [-0.15, -0.1) is 0 Å². The third-order valence-electron chi connectivity index (χ3n) is 6.80. The van der Waals surface area contributed by atoms with Gasteiger partial charge in [0.1, 0.15) is 17.3 Å². The minimum absolute atomic E-state index is 0.0290. The summed E-state index contributed by atoms with van der Waals surface area (Å²) in [5, 5.41) is 14.6. The van der Waals surface area contributed by atoms with Gasteiger partial charge in [-0.1, -0.05) is 30.3 Å². The molecule has 0 saturated heterocycles. The lowest BCUT2D eigenvalue weighted by Crippen LogP contribution is -2.42. The minimum atomic E-state index is -0.791. The van der Waals surface area contributed by atoms with Crippen molar-refractivity contribution < 1.29 is 24.0 Å². The molecule has 0 saturated carbocycles. The largest absolute Gasteiger partial charge is 0.496 e. The van der Waals surface area contributed by atoms with Crippen molar-refractivity contribution >= 4 is 29.4 Å². The van der Waals surface area contributed by atoms with Gasteiger partial charge in [-0.3, -0.25) is 14.9 Å². The number of para-hydroxylation sites is 2. The maximum atomic E-state index is 13.8. The first-order chi connectivity index (χ1) is 18.8. The smallest absolute Gasteiger partial charge is 0.336 e. The number of fused-ring (bicyclic) bond motifs is 1. The molecule has 198 valence electrons. The van der Waals surface area contributed by atoms with Crippen molar-refractivity contribution in [2.75, 3.05) is 13.7 Å². The Morgan fingerprint density at radius 2 is 1.85 bits per heavy atom. The van der Waals surface area contributed by atoms with Crippen LogP contribution in [0.25, 0.3) is 17.3 Å². The van der Waals surface area contributed by atoms with E-state index in [-0.39, 0.29) is 23.8 Å². The lowest BCUT2D eigenvalue weighted by molar-refractivity contribution is -0.384. The van der Waals surface area contributed by atoms with Crippen molar-refractivity contribution in [3.63, 3.8) is 0 Å². The van der Waals surface area contributed by atoms with Crippen LogP contribution in [0.5, 0.6) is 5.75 Å². The Kier molecular flexibility index (Phi) is 6.84. The molecule has 2 aliphatic rings. The predicted molar refractivity (Wildman–Crippen MR) is 145 cm³/mol. The summed E-state index contributed by atoms with van der Waals surface area (Å²) in [4.78, 5) is 45.7. The highest BCUT2D eigenvalue weighted by molar-refractivity contribution is 6.21. The second-order valence-corrected chi connectivity index (χ2v) is 9.07. The maximum Gasteiger partial charge on any atom is 0.336 e. The third kappa shape index (κ3) is 4.61. The van der Waals surface area contributed by atoms with Gasteiger partial charge in [0.25, 0.3) is 5.69 Å². The van der Waals surface area contributed by atoms with Crippen molar-refractivity contribution in [1.29, 1.82) is 0 Å². The number of methoxy groups -OCH3 is 1. The number of aliphatic imine (C=N–C) groups is 1. The number of ketones is 1. The molecule has 10 nitrogen and oxygen atoms in total. The number of nitrogens with one attached hydrogen (secondary N) is 2. The van der Waals surface area contributed by atoms with E-state index in [2.05, 4.69) is 15.3 Å². The number of hydrogen-bond donors (Lipinski definition) is 2. The molecule has 2 unspecified atom stereocenters. The molecule has 0 bridgehead atoms. The first kappa shape index (κ1) is 25.7. The Bertz CT molecular complexity index is 1580. The van der Waals surface area contributed by atoms with Crippen LogP contribution >= 0.6 is 0 Å². The molecule has 39 heavy (non-hydrogen) atoms. The zero-order valence-corrected chi connectivity index (χ0v) is 21.6. The molecule has 0 fully saturated rings. The van der Waals surface area contributed by atoms with Crippen LogP contribution in [-0.2, 0) is 14.3 Å². The molecule has 5 rings (SSSR count). The number of carbonyl (C=O) groups is 2. The van der Waals surface area contributed by atoms with E-state index in [1.54, 1.807) is 56.3 Å². The van der Waals surface area contributed by atoms with E-state index in [0.717, 1.165) is 0 Å². The highest BCUT2D eigenvalue weighted by Gasteiger charge is 2.48. The summed E-state index contributed by atoms with van der Waals surface area (Å²) in [5.41, 5.74) is 3.26. The number of H-pyrrole nitrogens is 1. The van der Waals surface area contributed by atoms with E-state index in [9.17, 15) is 19.7 Å². The predicted octanol–water partition coefficient (Wildman–Crippen LogP) is 4.76. The number of benzene rings is 2. The summed E-state index contributed by atoms with van der Waals surface area (Å²) in [7, 11) is 1.54. The van der Waals surface area contributed by atoms with Crippen LogP contribution in [0, 0.1) is 16.0 Å². The van der Waals surface area contributed by atoms with Gasteiger partial charge in [-0.25, -0.2) is 9.79 Å². The molecular formula is C29H26N4O6.